The maximum Gasteiger partial charge on any atom is 0.293 e. The summed E-state index contributed by atoms with van der Waals surface area (Å²) in [5, 5.41) is 14.4. The van der Waals surface area contributed by atoms with Crippen molar-refractivity contribution in [1.29, 1.82) is 0 Å². The van der Waals surface area contributed by atoms with E-state index in [-0.39, 0.29) is 16.6 Å². The maximum atomic E-state index is 11.8. The van der Waals surface area contributed by atoms with Crippen molar-refractivity contribution in [2.45, 2.75) is 17.9 Å². The molecule has 1 saturated heterocycles. The molecule has 1 unspecified atom stereocenters. The average molecular weight is 371 g/mol. The lowest BCUT2D eigenvalue weighted by molar-refractivity contribution is -0.384. The van der Waals surface area contributed by atoms with Crippen LogP contribution in [0, 0.1) is 10.1 Å². The van der Waals surface area contributed by atoms with Crippen LogP contribution in [0.1, 0.15) is 6.92 Å². The molecule has 1 atom stereocenters. The first-order valence-corrected chi connectivity index (χ1v) is 9.61. The average Bonchev–Trinajstić information content (AvgIpc) is 2.60. The van der Waals surface area contributed by atoms with Crippen LogP contribution in [-0.4, -0.2) is 76.0 Å². The van der Waals surface area contributed by atoms with Crippen molar-refractivity contribution in [3.05, 3.63) is 28.3 Å². The molecule has 1 aromatic rings. The van der Waals surface area contributed by atoms with Gasteiger partial charge in [0, 0.05) is 44.8 Å². The van der Waals surface area contributed by atoms with Gasteiger partial charge in [-0.3, -0.25) is 15.0 Å². The van der Waals surface area contributed by atoms with Gasteiger partial charge in [0.1, 0.15) is 5.69 Å². The standard InChI is InChI=1S/C15H25N5O4S/c1-12(19-8-6-18(3)7-9-19)11-17-14-5-4-13(25(23,24)16-2)10-15(14)20(21)22/h4-5,10,12,16-17H,6-9,11H2,1-3H3. The van der Waals surface area contributed by atoms with Crippen molar-refractivity contribution in [2.75, 3.05) is 52.1 Å². The van der Waals surface area contributed by atoms with Crippen molar-refractivity contribution in [1.82, 2.24) is 14.5 Å². The monoisotopic (exact) mass is 371 g/mol. The topological polar surface area (TPSA) is 108 Å². The number of sulfonamides is 1. The zero-order chi connectivity index (χ0) is 18.6. The Morgan fingerprint density at radius 2 is 1.92 bits per heavy atom. The van der Waals surface area contributed by atoms with E-state index in [1.54, 1.807) is 0 Å². The van der Waals surface area contributed by atoms with E-state index < -0.39 is 14.9 Å². The van der Waals surface area contributed by atoms with E-state index >= 15 is 0 Å². The Kier molecular flexibility index (Phi) is 6.33. The molecule has 0 bridgehead atoms. The van der Waals surface area contributed by atoms with Crippen LogP contribution in [0.15, 0.2) is 23.1 Å². The van der Waals surface area contributed by atoms with Gasteiger partial charge >= 0.3 is 0 Å². The van der Waals surface area contributed by atoms with Crippen molar-refractivity contribution >= 4 is 21.4 Å². The van der Waals surface area contributed by atoms with Gasteiger partial charge in [0.2, 0.25) is 10.0 Å². The van der Waals surface area contributed by atoms with Gasteiger partial charge in [0.15, 0.2) is 0 Å². The summed E-state index contributed by atoms with van der Waals surface area (Å²) in [6.45, 7) is 6.54. The summed E-state index contributed by atoms with van der Waals surface area (Å²) in [6.07, 6.45) is 0. The number of nitro groups is 1. The molecular weight excluding hydrogens is 346 g/mol. The predicted octanol–water partition coefficient (Wildman–Crippen LogP) is 0.551. The zero-order valence-corrected chi connectivity index (χ0v) is 15.5. The lowest BCUT2D eigenvalue weighted by Crippen LogP contribution is -2.49. The number of hydrogen-bond acceptors (Lipinski definition) is 7. The van der Waals surface area contributed by atoms with Crippen molar-refractivity contribution < 1.29 is 13.3 Å². The highest BCUT2D eigenvalue weighted by Crippen LogP contribution is 2.27. The van der Waals surface area contributed by atoms with Crippen LogP contribution in [-0.2, 0) is 10.0 Å². The molecule has 1 aliphatic heterocycles. The van der Waals surface area contributed by atoms with Crippen LogP contribution in [0.4, 0.5) is 11.4 Å². The molecule has 1 fully saturated rings. The van der Waals surface area contributed by atoms with Gasteiger partial charge in [-0.1, -0.05) is 0 Å². The molecule has 2 rings (SSSR count). The number of anilines is 1. The first-order valence-electron chi connectivity index (χ1n) is 8.13. The highest BCUT2D eigenvalue weighted by molar-refractivity contribution is 7.89. The lowest BCUT2D eigenvalue weighted by Gasteiger charge is -2.36. The molecule has 0 amide bonds. The van der Waals surface area contributed by atoms with E-state index in [1.165, 1.54) is 19.2 Å². The number of likely N-dealkylation sites (N-methyl/N-ethyl adjacent to an activating group) is 1. The van der Waals surface area contributed by atoms with Crippen LogP contribution >= 0.6 is 0 Å². The summed E-state index contributed by atoms with van der Waals surface area (Å²) in [5.74, 6) is 0. The van der Waals surface area contributed by atoms with E-state index in [2.05, 4.69) is 33.8 Å². The van der Waals surface area contributed by atoms with Crippen LogP contribution in [0.5, 0.6) is 0 Å². The van der Waals surface area contributed by atoms with Crippen molar-refractivity contribution in [2.24, 2.45) is 0 Å². The Labute approximate surface area is 148 Å². The number of rotatable bonds is 7. The quantitative estimate of drug-likeness (QED) is 0.532. The van der Waals surface area contributed by atoms with E-state index in [4.69, 9.17) is 0 Å². The third-order valence-corrected chi connectivity index (χ3v) is 5.91. The molecule has 0 aliphatic carbocycles. The van der Waals surface area contributed by atoms with Gasteiger partial charge in [-0.05, 0) is 33.2 Å². The van der Waals surface area contributed by atoms with E-state index in [9.17, 15) is 18.5 Å². The van der Waals surface area contributed by atoms with E-state index in [1.807, 2.05) is 0 Å². The Balaban J connectivity index is 2.10. The summed E-state index contributed by atoms with van der Waals surface area (Å²) >= 11 is 0. The summed E-state index contributed by atoms with van der Waals surface area (Å²) in [7, 11) is -0.363. The number of nitrogens with zero attached hydrogens (tertiary/aromatic N) is 3. The molecule has 0 aromatic heterocycles. The Hall–Kier alpha value is -1.75. The van der Waals surface area contributed by atoms with E-state index in [0.717, 1.165) is 32.2 Å². The second-order valence-electron chi connectivity index (χ2n) is 6.21. The van der Waals surface area contributed by atoms with Gasteiger partial charge in [0.25, 0.3) is 5.69 Å². The molecular formula is C15H25N5O4S. The minimum absolute atomic E-state index is 0.126. The molecule has 25 heavy (non-hydrogen) atoms. The first kappa shape index (κ1) is 19.6. The fraction of sp³-hybridized carbons (Fsp3) is 0.600. The minimum Gasteiger partial charge on any atom is -0.378 e. The first-order chi connectivity index (χ1) is 11.7. The Morgan fingerprint density at radius 1 is 1.28 bits per heavy atom. The molecule has 1 heterocycles. The van der Waals surface area contributed by atoms with Gasteiger partial charge in [-0.25, -0.2) is 13.1 Å². The second-order valence-corrected chi connectivity index (χ2v) is 8.10. The molecule has 0 spiro atoms. The second kappa shape index (κ2) is 8.09. The number of nitro benzene ring substituents is 1. The smallest absolute Gasteiger partial charge is 0.293 e. The van der Waals surface area contributed by atoms with Gasteiger partial charge in [0.05, 0.1) is 9.82 Å². The Bertz CT molecular complexity index is 717. The molecule has 0 radical (unpaired) electrons. The summed E-state index contributed by atoms with van der Waals surface area (Å²) in [4.78, 5) is 15.2. The summed E-state index contributed by atoms with van der Waals surface area (Å²) < 4.78 is 25.8. The number of benzene rings is 1. The Morgan fingerprint density at radius 3 is 2.48 bits per heavy atom. The van der Waals surface area contributed by atoms with Crippen LogP contribution in [0.3, 0.4) is 0 Å². The van der Waals surface area contributed by atoms with Gasteiger partial charge < -0.3 is 10.2 Å². The highest BCUT2D eigenvalue weighted by atomic mass is 32.2. The third kappa shape index (κ3) is 4.88. The molecule has 140 valence electrons. The fourth-order valence-corrected chi connectivity index (χ4v) is 3.50. The third-order valence-electron chi connectivity index (χ3n) is 4.49. The van der Waals surface area contributed by atoms with Gasteiger partial charge in [-0.15, -0.1) is 0 Å². The maximum absolute atomic E-state index is 11.8. The predicted molar refractivity (Wildman–Crippen MR) is 96.4 cm³/mol. The molecule has 0 saturated carbocycles. The lowest BCUT2D eigenvalue weighted by atomic mass is 10.2. The molecule has 10 heteroatoms. The van der Waals surface area contributed by atoms with Crippen molar-refractivity contribution in [3.63, 3.8) is 0 Å². The normalized spacial score (nSPS) is 18.0. The minimum atomic E-state index is -3.72. The van der Waals surface area contributed by atoms with Gasteiger partial charge in [-0.2, -0.15) is 0 Å². The van der Waals surface area contributed by atoms with E-state index in [0.29, 0.717) is 12.2 Å². The molecule has 1 aliphatic rings. The SMILES string of the molecule is CNS(=O)(=O)c1ccc(NCC(C)N2CCN(C)CC2)c([N+](=O)[O-])c1. The molecule has 2 N–H and O–H groups in total. The largest absolute Gasteiger partial charge is 0.378 e. The number of nitrogens with one attached hydrogen (secondary N) is 2. The zero-order valence-electron chi connectivity index (χ0n) is 14.7. The summed E-state index contributed by atoms with van der Waals surface area (Å²) in [6, 6.07) is 4.10. The molecule has 1 aromatic carbocycles. The van der Waals surface area contributed by atoms with Crippen LogP contribution in [0.25, 0.3) is 0 Å². The van der Waals surface area contributed by atoms with Crippen LogP contribution < -0.4 is 10.0 Å². The van der Waals surface area contributed by atoms with Crippen molar-refractivity contribution in [3.8, 4) is 0 Å². The summed E-state index contributed by atoms with van der Waals surface area (Å²) in [5.41, 5.74) is 0.0722. The number of hydrogen-bond donors (Lipinski definition) is 2. The molecule has 9 nitrogen and oxygen atoms in total. The van der Waals surface area contributed by atoms with Crippen LogP contribution in [0.2, 0.25) is 0 Å². The number of piperazine rings is 1. The highest BCUT2D eigenvalue weighted by Gasteiger charge is 2.22. The fourth-order valence-electron chi connectivity index (χ4n) is 2.75.